The molecular weight excluding hydrogens is 617 g/mol. The quantitative estimate of drug-likeness (QED) is 0.157. The highest BCUT2D eigenvalue weighted by Gasteiger charge is 2.43. The largest absolute Gasteiger partial charge is 0.322 e. The molecular formula is C44H40N4O2. The molecule has 0 saturated heterocycles. The molecule has 7 rings (SSSR count). The van der Waals surface area contributed by atoms with Crippen molar-refractivity contribution in [1.82, 2.24) is 9.78 Å². The normalized spacial score (nSPS) is 15.9. The molecule has 0 radical (unpaired) electrons. The molecule has 1 N–H and O–H groups in total. The lowest BCUT2D eigenvalue weighted by Crippen LogP contribution is -2.37. The second-order valence-corrected chi connectivity index (χ2v) is 13.4. The first kappa shape index (κ1) is 32.7. The number of Topliss-reactive ketones (excluding diaryl/α,β-unsaturated/α-hetero) is 1. The van der Waals surface area contributed by atoms with Gasteiger partial charge in [0.05, 0.1) is 18.0 Å². The van der Waals surface area contributed by atoms with Gasteiger partial charge in [0.15, 0.2) is 11.6 Å². The van der Waals surface area contributed by atoms with E-state index in [4.69, 9.17) is 10.1 Å². The minimum atomic E-state index is -0.362. The van der Waals surface area contributed by atoms with Gasteiger partial charge in [-0.1, -0.05) is 138 Å². The van der Waals surface area contributed by atoms with Crippen molar-refractivity contribution in [3.8, 4) is 0 Å². The molecule has 50 heavy (non-hydrogen) atoms. The zero-order valence-corrected chi connectivity index (χ0v) is 28.8. The van der Waals surface area contributed by atoms with E-state index in [1.54, 1.807) is 6.20 Å². The van der Waals surface area contributed by atoms with Gasteiger partial charge in [-0.25, -0.2) is 9.67 Å². The number of hydrogen-bond donors (Lipinski definition) is 1. The first-order chi connectivity index (χ1) is 24.3. The summed E-state index contributed by atoms with van der Waals surface area (Å²) in [6.45, 7) is 8.11. The van der Waals surface area contributed by atoms with Crippen LogP contribution in [0.3, 0.4) is 0 Å². The molecule has 6 aromatic rings. The molecule has 3 atom stereocenters. The number of benzene rings is 5. The molecule has 0 spiro atoms. The highest BCUT2D eigenvalue weighted by Crippen LogP contribution is 2.47. The van der Waals surface area contributed by atoms with E-state index in [0.29, 0.717) is 16.9 Å². The number of aliphatic imine (C=N–C) groups is 1. The van der Waals surface area contributed by atoms with Crippen LogP contribution >= 0.6 is 0 Å². The Kier molecular flexibility index (Phi) is 9.09. The first-order valence-corrected chi connectivity index (χ1v) is 17.1. The van der Waals surface area contributed by atoms with E-state index >= 15 is 0 Å². The number of rotatable bonds is 9. The summed E-state index contributed by atoms with van der Waals surface area (Å²) in [7, 11) is 0. The lowest BCUT2D eigenvalue weighted by Gasteiger charge is -2.38. The molecule has 5 aromatic carbocycles. The van der Waals surface area contributed by atoms with Crippen molar-refractivity contribution in [2.24, 2.45) is 10.9 Å². The van der Waals surface area contributed by atoms with E-state index in [9.17, 15) is 9.59 Å². The maximum atomic E-state index is 14.2. The topological polar surface area (TPSA) is 76.3 Å². The van der Waals surface area contributed by atoms with Crippen molar-refractivity contribution in [1.29, 1.82) is 0 Å². The summed E-state index contributed by atoms with van der Waals surface area (Å²) in [5, 5.41) is 8.00. The summed E-state index contributed by atoms with van der Waals surface area (Å²) in [5.74, 6) is -0.289. The summed E-state index contributed by atoms with van der Waals surface area (Å²) in [6.07, 6.45) is 1.89. The summed E-state index contributed by atoms with van der Waals surface area (Å²) in [6, 6.07) is 42.2. The van der Waals surface area contributed by atoms with Gasteiger partial charge < -0.3 is 5.32 Å². The molecule has 1 aromatic heterocycles. The maximum Gasteiger partial charge on any atom is 0.261 e. The van der Waals surface area contributed by atoms with Crippen LogP contribution in [-0.4, -0.2) is 27.2 Å². The Morgan fingerprint density at radius 2 is 1.36 bits per heavy atom. The Morgan fingerprint density at radius 3 is 2.02 bits per heavy atom. The third kappa shape index (κ3) is 6.57. The fourth-order valence-corrected chi connectivity index (χ4v) is 7.06. The number of amides is 1. The zero-order chi connectivity index (χ0) is 34.8. The second kappa shape index (κ2) is 13.9. The van der Waals surface area contributed by atoms with Gasteiger partial charge in [-0.15, -0.1) is 0 Å². The van der Waals surface area contributed by atoms with Crippen LogP contribution in [0.2, 0.25) is 0 Å². The number of hydrogen-bond acceptors (Lipinski definition) is 4. The molecule has 0 saturated carbocycles. The number of ketones is 1. The van der Waals surface area contributed by atoms with E-state index in [-0.39, 0.29) is 36.0 Å². The third-order valence-electron chi connectivity index (χ3n) is 9.72. The van der Waals surface area contributed by atoms with Crippen LogP contribution in [0, 0.1) is 33.6 Å². The van der Waals surface area contributed by atoms with Gasteiger partial charge in [0.25, 0.3) is 5.91 Å². The number of aryl methyl sites for hydroxylation is 4. The van der Waals surface area contributed by atoms with Crippen molar-refractivity contribution < 1.29 is 9.59 Å². The molecule has 1 amide bonds. The average Bonchev–Trinajstić information content (AvgIpc) is 3.56. The van der Waals surface area contributed by atoms with Crippen molar-refractivity contribution in [3.63, 3.8) is 0 Å². The molecule has 0 aliphatic carbocycles. The number of carbonyl (C=O) groups is 2. The zero-order valence-electron chi connectivity index (χ0n) is 28.8. The number of fused-ring (bicyclic) bond motifs is 1. The van der Waals surface area contributed by atoms with Crippen molar-refractivity contribution in [3.05, 3.63) is 184 Å². The van der Waals surface area contributed by atoms with Crippen molar-refractivity contribution in [2.75, 3.05) is 5.32 Å². The summed E-state index contributed by atoms with van der Waals surface area (Å²) < 4.78 is 1.89. The predicted molar refractivity (Wildman–Crippen MR) is 201 cm³/mol. The molecule has 0 fully saturated rings. The fourth-order valence-electron chi connectivity index (χ4n) is 7.06. The van der Waals surface area contributed by atoms with E-state index in [2.05, 4.69) is 60.8 Å². The highest BCUT2D eigenvalue weighted by atomic mass is 16.1. The standard InChI is InChI=1S/C44H40N4O2/c1-28-15-20-33(21-16-28)39(49)26-36(32-11-7-5-8-12-32)40-41(34-22-17-29(2)18-23-34)47-43-37(44(50)46-38-24-19-30(3)25-31(38)4)27-45-48(43)42(40)35-13-9-6-10-14-35/h5-25,27,36,40,42H,26H2,1-4H3,(H,46,50)/t36-,40+,42-/m1/s1. The van der Waals surface area contributed by atoms with Gasteiger partial charge in [-0.05, 0) is 56.0 Å². The maximum absolute atomic E-state index is 14.2. The van der Waals surface area contributed by atoms with Crippen molar-refractivity contribution >= 4 is 28.9 Å². The molecule has 1 aliphatic rings. The molecule has 6 nitrogen and oxygen atoms in total. The Labute approximate surface area is 293 Å². The SMILES string of the molecule is Cc1ccc(C(=O)C[C@H](c2ccccc2)[C@H]2C(c3ccc(C)cc3)=Nc3c(C(=O)Nc4ccc(C)cc4C)cnn3[C@@H]2c2ccccc2)cc1. The van der Waals surface area contributed by atoms with Crippen LogP contribution in [0.1, 0.15) is 78.0 Å². The van der Waals surface area contributed by atoms with Crippen LogP contribution in [-0.2, 0) is 0 Å². The number of nitrogens with one attached hydrogen (secondary N) is 1. The Hall–Kier alpha value is -5.88. The van der Waals surface area contributed by atoms with E-state index in [1.807, 2.05) is 104 Å². The van der Waals surface area contributed by atoms with Crippen LogP contribution in [0.4, 0.5) is 11.5 Å². The lowest BCUT2D eigenvalue weighted by molar-refractivity contribution is 0.0964. The van der Waals surface area contributed by atoms with Crippen LogP contribution in [0.5, 0.6) is 0 Å². The molecule has 1 aliphatic heterocycles. The summed E-state index contributed by atoms with van der Waals surface area (Å²) in [5.41, 5.74) is 9.99. The minimum absolute atomic E-state index is 0.0636. The molecule has 6 heteroatoms. The Balaban J connectivity index is 1.42. The minimum Gasteiger partial charge on any atom is -0.322 e. The van der Waals surface area contributed by atoms with Gasteiger partial charge in [0, 0.05) is 29.5 Å². The number of anilines is 1. The van der Waals surface area contributed by atoms with Crippen LogP contribution in [0.15, 0.2) is 139 Å². The van der Waals surface area contributed by atoms with Gasteiger partial charge in [0.2, 0.25) is 0 Å². The predicted octanol–water partition coefficient (Wildman–Crippen LogP) is 9.77. The summed E-state index contributed by atoms with van der Waals surface area (Å²) in [4.78, 5) is 33.5. The van der Waals surface area contributed by atoms with Crippen molar-refractivity contribution in [2.45, 2.75) is 46.1 Å². The van der Waals surface area contributed by atoms with Crippen LogP contribution in [0.25, 0.3) is 0 Å². The first-order valence-electron chi connectivity index (χ1n) is 17.1. The molecule has 0 unspecified atom stereocenters. The summed E-state index contributed by atoms with van der Waals surface area (Å²) >= 11 is 0. The number of carbonyl (C=O) groups excluding carboxylic acids is 2. The Bertz CT molecular complexity index is 2180. The van der Waals surface area contributed by atoms with Gasteiger partial charge in [-0.2, -0.15) is 5.10 Å². The van der Waals surface area contributed by atoms with Gasteiger partial charge >= 0.3 is 0 Å². The molecule has 248 valence electrons. The molecule has 0 bridgehead atoms. The third-order valence-corrected chi connectivity index (χ3v) is 9.72. The molecule has 2 heterocycles. The fraction of sp³-hybridized carbons (Fsp3) is 0.182. The lowest BCUT2D eigenvalue weighted by atomic mass is 9.71. The highest BCUT2D eigenvalue weighted by molar-refractivity contribution is 6.11. The van der Waals surface area contributed by atoms with Gasteiger partial charge in [0.1, 0.15) is 5.56 Å². The van der Waals surface area contributed by atoms with Gasteiger partial charge in [-0.3, -0.25) is 9.59 Å². The Morgan fingerprint density at radius 1 is 0.740 bits per heavy atom. The van der Waals surface area contributed by atoms with Crippen LogP contribution < -0.4 is 5.32 Å². The smallest absolute Gasteiger partial charge is 0.261 e. The second-order valence-electron chi connectivity index (χ2n) is 13.4. The monoisotopic (exact) mass is 656 g/mol. The van der Waals surface area contributed by atoms with E-state index < -0.39 is 0 Å². The number of aromatic nitrogens is 2. The van der Waals surface area contributed by atoms with E-state index in [1.165, 1.54) is 0 Å². The van der Waals surface area contributed by atoms with E-state index in [0.717, 1.165) is 50.3 Å². The number of nitrogens with zero attached hydrogens (tertiary/aromatic N) is 3. The average molecular weight is 657 g/mol.